The van der Waals surface area contributed by atoms with Gasteiger partial charge in [0, 0.05) is 59.0 Å². The number of non-ortho nitro benzene ring substituents is 2. The van der Waals surface area contributed by atoms with Gasteiger partial charge in [0.15, 0.2) is 11.5 Å². The van der Waals surface area contributed by atoms with E-state index in [0.29, 0.717) is 52.2 Å². The number of nitro benzene ring substituents is 2. The monoisotopic (exact) mass is 706 g/mol. The largest absolute Gasteiger partial charge is 0.507 e. The lowest BCUT2D eigenvalue weighted by molar-refractivity contribution is -0.385. The molecule has 14 nitrogen and oxygen atoms in total. The zero-order valence-corrected chi connectivity index (χ0v) is 28.0. The molecular formula is C39H30N8O6. The van der Waals surface area contributed by atoms with E-state index in [4.69, 9.17) is 5.10 Å². The molecule has 3 heterocycles. The van der Waals surface area contributed by atoms with Crippen LogP contribution in [0.1, 0.15) is 46.8 Å². The molecule has 2 unspecified atom stereocenters. The molecule has 14 heteroatoms. The zero-order chi connectivity index (χ0) is 36.6. The summed E-state index contributed by atoms with van der Waals surface area (Å²) >= 11 is 0. The topological polar surface area (TPSA) is 195 Å². The molecule has 3 aromatic heterocycles. The van der Waals surface area contributed by atoms with Crippen molar-refractivity contribution in [3.8, 4) is 28.1 Å². The molecule has 0 bridgehead atoms. The van der Waals surface area contributed by atoms with E-state index in [2.05, 4.69) is 32.5 Å². The molecule has 1 saturated carbocycles. The van der Waals surface area contributed by atoms with Gasteiger partial charge in [0.25, 0.3) is 11.4 Å². The summed E-state index contributed by atoms with van der Waals surface area (Å²) in [4.78, 5) is 26.6. The molecule has 53 heavy (non-hydrogen) atoms. The molecule has 4 aromatic carbocycles. The first-order chi connectivity index (χ1) is 25.8. The average molecular weight is 707 g/mol. The minimum absolute atomic E-state index is 0.0372. The number of pyridine rings is 1. The number of benzene rings is 4. The van der Waals surface area contributed by atoms with Gasteiger partial charge in [-0.3, -0.25) is 25.2 Å². The molecule has 1 aliphatic carbocycles. The van der Waals surface area contributed by atoms with Crippen molar-refractivity contribution in [3.63, 3.8) is 0 Å². The molecule has 0 saturated heterocycles. The Labute approximate surface area is 301 Å². The number of aromatic nitrogens is 5. The van der Waals surface area contributed by atoms with E-state index < -0.39 is 9.85 Å². The molecule has 0 aliphatic heterocycles. The van der Waals surface area contributed by atoms with Crippen molar-refractivity contribution < 1.29 is 20.2 Å². The van der Waals surface area contributed by atoms with Crippen molar-refractivity contribution in [2.75, 3.05) is 0 Å². The number of oxime groups is 1. The second-order valence-electron chi connectivity index (χ2n) is 13.1. The van der Waals surface area contributed by atoms with Crippen molar-refractivity contribution in [1.29, 1.82) is 0 Å². The van der Waals surface area contributed by atoms with Gasteiger partial charge in [0.1, 0.15) is 17.0 Å². The first kappa shape index (κ1) is 33.1. The molecular weight excluding hydrogens is 676 g/mol. The highest BCUT2D eigenvalue weighted by Crippen LogP contribution is 2.45. The van der Waals surface area contributed by atoms with Gasteiger partial charge in [-0.1, -0.05) is 53.7 Å². The lowest BCUT2D eigenvalue weighted by atomic mass is 9.68. The van der Waals surface area contributed by atoms with Crippen molar-refractivity contribution in [2.24, 2.45) is 11.1 Å². The van der Waals surface area contributed by atoms with Gasteiger partial charge in [-0.15, -0.1) is 10.2 Å². The van der Waals surface area contributed by atoms with Crippen LogP contribution in [0.25, 0.3) is 38.9 Å². The van der Waals surface area contributed by atoms with E-state index in [1.807, 2.05) is 24.3 Å². The van der Waals surface area contributed by atoms with E-state index in [-0.39, 0.29) is 34.5 Å². The summed E-state index contributed by atoms with van der Waals surface area (Å²) in [5.74, 6) is 1.08. The molecule has 7 aromatic rings. The minimum atomic E-state index is -0.487. The van der Waals surface area contributed by atoms with Gasteiger partial charge in [-0.25, -0.2) is 0 Å². The third-order valence-corrected chi connectivity index (χ3v) is 9.92. The number of aromatic hydroxyl groups is 1. The molecule has 0 radical (unpaired) electrons. The van der Waals surface area contributed by atoms with Crippen LogP contribution in [0.15, 0.2) is 108 Å². The summed E-state index contributed by atoms with van der Waals surface area (Å²) in [6, 6.07) is 28.0. The van der Waals surface area contributed by atoms with E-state index in [1.165, 1.54) is 29.8 Å². The second-order valence-corrected chi connectivity index (χ2v) is 13.1. The highest BCUT2D eigenvalue weighted by atomic mass is 16.6. The van der Waals surface area contributed by atoms with Crippen LogP contribution in [0.3, 0.4) is 0 Å². The fraction of sp³-hybridized carbons (Fsp3) is 0.154. The fourth-order valence-electron chi connectivity index (χ4n) is 7.24. The lowest BCUT2D eigenvalue weighted by Crippen LogP contribution is -2.27. The first-order valence-electron chi connectivity index (χ1n) is 16.9. The van der Waals surface area contributed by atoms with Crippen molar-refractivity contribution >= 4 is 34.1 Å². The Bertz CT molecular complexity index is 2600. The molecule has 1 fully saturated rings. The van der Waals surface area contributed by atoms with Crippen LogP contribution in [0.5, 0.6) is 5.75 Å². The van der Waals surface area contributed by atoms with Crippen LogP contribution in [0.2, 0.25) is 0 Å². The number of rotatable bonds is 10. The highest BCUT2D eigenvalue weighted by Gasteiger charge is 2.34. The predicted molar refractivity (Wildman–Crippen MR) is 196 cm³/mol. The van der Waals surface area contributed by atoms with Crippen molar-refractivity contribution in [3.05, 3.63) is 152 Å². The van der Waals surface area contributed by atoms with E-state index >= 15 is 0 Å². The van der Waals surface area contributed by atoms with Crippen molar-refractivity contribution in [2.45, 2.75) is 31.6 Å². The third-order valence-electron chi connectivity index (χ3n) is 9.92. The molecule has 0 amide bonds. The van der Waals surface area contributed by atoms with Gasteiger partial charge in [0.05, 0.1) is 16.1 Å². The van der Waals surface area contributed by atoms with Gasteiger partial charge in [-0.05, 0) is 77.6 Å². The quantitative estimate of drug-likeness (QED) is 0.0617. The van der Waals surface area contributed by atoms with Crippen LogP contribution in [0.4, 0.5) is 11.4 Å². The molecule has 2 atom stereocenters. The normalized spacial score (nSPS) is 15.5. The van der Waals surface area contributed by atoms with Gasteiger partial charge in [-0.2, -0.15) is 9.61 Å². The number of hydrogen-bond acceptors (Lipinski definition) is 11. The average Bonchev–Trinajstić information content (AvgIpc) is 3.57. The minimum Gasteiger partial charge on any atom is -0.507 e. The standard InChI is InChI=1S/C39H30N8O6/c48-38-29(22-41-49)17-24(18-34(38)26-7-2-9-30(19-26)46(50)51)15-23-5-1-6-25(16-23)32-13-12-27(32)21-35-42-43-39-33-11-4-14-40-37(33)36(44-45(35)39)28-8-3-10-31(20-28)47(52)53/h1-11,14,16-20,22,27,32,48-49H,12-13,15,21H2/b41-22+. The molecule has 8 rings (SSSR count). The Kier molecular flexibility index (Phi) is 8.46. The Morgan fingerprint density at radius 3 is 2.34 bits per heavy atom. The summed E-state index contributed by atoms with van der Waals surface area (Å²) in [5.41, 5.74) is 6.28. The van der Waals surface area contributed by atoms with Gasteiger partial charge < -0.3 is 10.3 Å². The smallest absolute Gasteiger partial charge is 0.270 e. The first-order valence-corrected chi connectivity index (χ1v) is 16.9. The third kappa shape index (κ3) is 6.26. The van der Waals surface area contributed by atoms with Crippen molar-refractivity contribution in [1.82, 2.24) is 24.8 Å². The highest BCUT2D eigenvalue weighted by molar-refractivity contribution is 5.99. The summed E-state index contributed by atoms with van der Waals surface area (Å²) in [6.45, 7) is 0. The summed E-state index contributed by atoms with van der Waals surface area (Å²) in [6.07, 6.45) is 5.91. The van der Waals surface area contributed by atoms with Crippen LogP contribution < -0.4 is 0 Å². The Morgan fingerprint density at radius 2 is 1.60 bits per heavy atom. The molecule has 262 valence electrons. The Hall–Kier alpha value is -7.09. The van der Waals surface area contributed by atoms with Crippen LogP contribution >= 0.6 is 0 Å². The predicted octanol–water partition coefficient (Wildman–Crippen LogP) is 7.66. The second kappa shape index (κ2) is 13.6. The Morgan fingerprint density at radius 1 is 0.849 bits per heavy atom. The van der Waals surface area contributed by atoms with E-state index in [0.717, 1.165) is 35.6 Å². The number of hydrogen-bond donors (Lipinski definition) is 2. The zero-order valence-electron chi connectivity index (χ0n) is 28.0. The lowest BCUT2D eigenvalue weighted by Gasteiger charge is -2.37. The van der Waals surface area contributed by atoms with Crippen LogP contribution in [0, 0.1) is 26.1 Å². The van der Waals surface area contributed by atoms with E-state index in [1.54, 1.807) is 47.1 Å². The SMILES string of the molecule is O=[N+]([O-])c1cccc(-c2cc(Cc3cccc(C4CCC4Cc4nnc5c6cccnc6c(-c6cccc([N+](=O)[O-])c6)nn45)c3)cc(/C=N/O)c2O)c1. The number of phenols is 1. The summed E-state index contributed by atoms with van der Waals surface area (Å²) < 4.78 is 1.74. The van der Waals surface area contributed by atoms with E-state index in [9.17, 15) is 30.5 Å². The summed E-state index contributed by atoms with van der Waals surface area (Å²) in [7, 11) is 0. The maximum Gasteiger partial charge on any atom is 0.270 e. The number of fused-ring (bicyclic) bond motifs is 3. The number of nitro groups is 2. The maximum absolute atomic E-state index is 11.5. The molecule has 0 spiro atoms. The molecule has 1 aliphatic rings. The van der Waals surface area contributed by atoms with Gasteiger partial charge >= 0.3 is 0 Å². The number of phenolic OH excluding ortho intramolecular Hbond substituents is 1. The van der Waals surface area contributed by atoms with Crippen LogP contribution in [-0.4, -0.2) is 51.2 Å². The maximum atomic E-state index is 11.5. The number of nitrogens with zero attached hydrogens (tertiary/aromatic N) is 8. The van der Waals surface area contributed by atoms with Crippen LogP contribution in [-0.2, 0) is 12.8 Å². The fourth-order valence-corrected chi connectivity index (χ4v) is 7.24. The Balaban J connectivity index is 1.08. The molecule has 2 N–H and O–H groups in total. The van der Waals surface area contributed by atoms with Gasteiger partial charge in [0.2, 0.25) is 0 Å². The summed E-state index contributed by atoms with van der Waals surface area (Å²) in [5, 5.41) is 61.1.